The molecule has 1 aromatic heterocycles. The van der Waals surface area contributed by atoms with E-state index in [1.54, 1.807) is 17.7 Å². The number of ether oxygens (including phenoxy) is 2. The Bertz CT molecular complexity index is 1110. The van der Waals surface area contributed by atoms with Crippen LogP contribution in [0.4, 0.5) is 5.95 Å². The van der Waals surface area contributed by atoms with Gasteiger partial charge in [-0.25, -0.2) is 10.4 Å². The molecule has 0 saturated carbocycles. The molecule has 30 heavy (non-hydrogen) atoms. The zero-order valence-electron chi connectivity index (χ0n) is 17.9. The molecule has 0 aliphatic heterocycles. The number of methoxy groups -OCH3 is 1. The predicted molar refractivity (Wildman–Crippen MR) is 121 cm³/mol. The minimum absolute atomic E-state index is 0.0967. The van der Waals surface area contributed by atoms with Crippen LogP contribution < -0.4 is 15.7 Å². The summed E-state index contributed by atoms with van der Waals surface area (Å²) in [7, 11) is 1.63. The number of rotatable bonds is 9. The Hall–Kier alpha value is -3.19. The molecule has 3 aromatic rings. The normalized spacial score (nSPS) is 11.7. The number of aromatic nitrogens is 2. The van der Waals surface area contributed by atoms with Gasteiger partial charge in [0.25, 0.3) is 5.56 Å². The van der Waals surface area contributed by atoms with Crippen LogP contribution in [0, 0.1) is 6.92 Å². The van der Waals surface area contributed by atoms with Crippen molar-refractivity contribution in [2.75, 3.05) is 25.7 Å². The molecule has 0 atom stereocenters. The highest BCUT2D eigenvalue weighted by Gasteiger charge is 2.12. The number of benzene rings is 2. The molecule has 1 heterocycles. The number of anilines is 1. The fourth-order valence-electron chi connectivity index (χ4n) is 3.23. The molecule has 0 fully saturated rings. The highest BCUT2D eigenvalue weighted by molar-refractivity contribution is 6.01. The van der Waals surface area contributed by atoms with Crippen molar-refractivity contribution >= 4 is 22.6 Å². The predicted octanol–water partition coefficient (Wildman–Crippen LogP) is 3.98. The van der Waals surface area contributed by atoms with Gasteiger partial charge in [-0.05, 0) is 51.5 Å². The number of aryl methyl sites for hydroxylation is 1. The summed E-state index contributed by atoms with van der Waals surface area (Å²) in [4.78, 5) is 17.7. The fourth-order valence-corrected chi connectivity index (χ4v) is 3.23. The summed E-state index contributed by atoms with van der Waals surface area (Å²) in [6.07, 6.45) is 0.705. The van der Waals surface area contributed by atoms with Gasteiger partial charge in [0.05, 0.1) is 23.7 Å². The molecule has 0 aliphatic carbocycles. The molecule has 0 bridgehead atoms. The van der Waals surface area contributed by atoms with E-state index in [0.717, 1.165) is 22.6 Å². The maximum absolute atomic E-state index is 13.0. The molecule has 1 N–H and O–H groups in total. The van der Waals surface area contributed by atoms with Gasteiger partial charge in [0.2, 0.25) is 5.95 Å². The second-order valence-electron chi connectivity index (χ2n) is 6.97. The average Bonchev–Trinajstić information content (AvgIpc) is 2.76. The molecule has 0 spiro atoms. The molecule has 0 aliphatic rings. The molecule has 7 nitrogen and oxygen atoms in total. The first-order valence-electron chi connectivity index (χ1n) is 10.1. The van der Waals surface area contributed by atoms with Crippen molar-refractivity contribution in [1.29, 1.82) is 0 Å². The highest BCUT2D eigenvalue weighted by atomic mass is 16.5. The van der Waals surface area contributed by atoms with E-state index in [2.05, 4.69) is 15.5 Å². The van der Waals surface area contributed by atoms with Crippen molar-refractivity contribution in [2.24, 2.45) is 5.10 Å². The first-order chi connectivity index (χ1) is 14.5. The Morgan fingerprint density at radius 3 is 2.80 bits per heavy atom. The zero-order chi connectivity index (χ0) is 21.5. The number of para-hydroxylation sites is 1. The zero-order valence-corrected chi connectivity index (χ0v) is 17.9. The lowest BCUT2D eigenvalue weighted by Crippen LogP contribution is -2.25. The van der Waals surface area contributed by atoms with Crippen molar-refractivity contribution in [1.82, 2.24) is 9.55 Å². The molecule has 0 radical (unpaired) electrons. The largest absolute Gasteiger partial charge is 0.496 e. The highest BCUT2D eigenvalue weighted by Crippen LogP contribution is 2.21. The number of hydrogen-bond acceptors (Lipinski definition) is 6. The number of fused-ring (bicyclic) bond motifs is 1. The second-order valence-corrected chi connectivity index (χ2v) is 6.97. The Balaban J connectivity index is 1.97. The van der Waals surface area contributed by atoms with Crippen molar-refractivity contribution < 1.29 is 9.47 Å². The number of nitrogens with one attached hydrogen (secondary N) is 1. The van der Waals surface area contributed by atoms with E-state index in [9.17, 15) is 4.79 Å². The minimum atomic E-state index is -0.0967. The molecule has 158 valence electrons. The fraction of sp³-hybridized carbons (Fsp3) is 0.348. The lowest BCUT2D eigenvalue weighted by Gasteiger charge is -2.14. The van der Waals surface area contributed by atoms with Crippen LogP contribution in [0.5, 0.6) is 5.75 Å². The molecule has 7 heteroatoms. The molecule has 3 rings (SSSR count). The second kappa shape index (κ2) is 10.0. The Morgan fingerprint density at radius 1 is 1.23 bits per heavy atom. The molecule has 0 saturated heterocycles. The third-order valence-corrected chi connectivity index (χ3v) is 4.80. The van der Waals surface area contributed by atoms with E-state index >= 15 is 0 Å². The SMILES string of the molecule is CCOCCCn1c(N/N=C(/C)c2cc(C)ccc2OC)nc2ccccc2c1=O. The van der Waals surface area contributed by atoms with Gasteiger partial charge in [0.1, 0.15) is 5.75 Å². The number of hydrazone groups is 1. The van der Waals surface area contributed by atoms with Gasteiger partial charge < -0.3 is 9.47 Å². The maximum atomic E-state index is 13.0. The van der Waals surface area contributed by atoms with Crippen LogP contribution in [0.2, 0.25) is 0 Å². The van der Waals surface area contributed by atoms with E-state index in [-0.39, 0.29) is 5.56 Å². The van der Waals surface area contributed by atoms with Crippen molar-refractivity contribution in [2.45, 2.75) is 33.7 Å². The van der Waals surface area contributed by atoms with Gasteiger partial charge in [-0.3, -0.25) is 9.36 Å². The van der Waals surface area contributed by atoms with Gasteiger partial charge in [0.15, 0.2) is 0 Å². The summed E-state index contributed by atoms with van der Waals surface area (Å²) in [6, 6.07) is 13.2. The quantitative estimate of drug-likeness (QED) is 0.329. The van der Waals surface area contributed by atoms with Crippen LogP contribution in [0.25, 0.3) is 10.9 Å². The van der Waals surface area contributed by atoms with Crippen molar-refractivity contribution in [3.05, 3.63) is 63.9 Å². The third-order valence-electron chi connectivity index (χ3n) is 4.80. The van der Waals surface area contributed by atoms with E-state index in [1.165, 1.54) is 0 Å². The van der Waals surface area contributed by atoms with Gasteiger partial charge in [-0.1, -0.05) is 23.8 Å². The molecule has 0 amide bonds. The van der Waals surface area contributed by atoms with Crippen LogP contribution in [-0.2, 0) is 11.3 Å². The topological polar surface area (TPSA) is 77.7 Å². The number of hydrogen-bond donors (Lipinski definition) is 1. The van der Waals surface area contributed by atoms with Crippen LogP contribution in [0.3, 0.4) is 0 Å². The summed E-state index contributed by atoms with van der Waals surface area (Å²) < 4.78 is 12.5. The van der Waals surface area contributed by atoms with Gasteiger partial charge >= 0.3 is 0 Å². The summed E-state index contributed by atoms with van der Waals surface area (Å²) in [6.45, 7) is 7.58. The molecular formula is C23H28N4O3. The average molecular weight is 409 g/mol. The first kappa shape index (κ1) is 21.5. The van der Waals surface area contributed by atoms with Crippen molar-refractivity contribution in [3.8, 4) is 5.75 Å². The van der Waals surface area contributed by atoms with E-state index in [1.807, 2.05) is 57.2 Å². The lowest BCUT2D eigenvalue weighted by molar-refractivity contribution is 0.141. The maximum Gasteiger partial charge on any atom is 0.262 e. The minimum Gasteiger partial charge on any atom is -0.496 e. The smallest absolute Gasteiger partial charge is 0.262 e. The molecule has 0 unspecified atom stereocenters. The lowest BCUT2D eigenvalue weighted by atomic mass is 10.1. The monoisotopic (exact) mass is 408 g/mol. The van der Waals surface area contributed by atoms with Gasteiger partial charge in [-0.2, -0.15) is 5.10 Å². The van der Waals surface area contributed by atoms with E-state index in [4.69, 9.17) is 9.47 Å². The standard InChI is InChI=1S/C23H28N4O3/c1-5-30-14-8-13-27-22(28)18-9-6-7-10-20(18)24-23(27)26-25-17(3)19-15-16(2)11-12-21(19)29-4/h6-7,9-12,15H,5,8,13-14H2,1-4H3,(H,24,26)/b25-17-. The first-order valence-corrected chi connectivity index (χ1v) is 10.1. The number of nitrogens with zero attached hydrogens (tertiary/aromatic N) is 3. The van der Waals surface area contributed by atoms with Crippen LogP contribution >= 0.6 is 0 Å². The summed E-state index contributed by atoms with van der Waals surface area (Å²) in [5.41, 5.74) is 6.26. The van der Waals surface area contributed by atoms with E-state index < -0.39 is 0 Å². The van der Waals surface area contributed by atoms with Crippen molar-refractivity contribution in [3.63, 3.8) is 0 Å². The van der Waals surface area contributed by atoms with Gasteiger partial charge in [-0.15, -0.1) is 0 Å². The Labute approximate surface area is 176 Å². The summed E-state index contributed by atoms with van der Waals surface area (Å²) in [5, 5.41) is 5.08. The molecular weight excluding hydrogens is 380 g/mol. The molecule has 2 aromatic carbocycles. The van der Waals surface area contributed by atoms with Crippen LogP contribution in [0.15, 0.2) is 52.4 Å². The Morgan fingerprint density at radius 2 is 2.03 bits per heavy atom. The van der Waals surface area contributed by atoms with Gasteiger partial charge in [0, 0.05) is 25.3 Å². The van der Waals surface area contributed by atoms with Crippen LogP contribution in [-0.4, -0.2) is 35.6 Å². The van der Waals surface area contributed by atoms with E-state index in [0.29, 0.717) is 43.0 Å². The summed E-state index contributed by atoms with van der Waals surface area (Å²) >= 11 is 0. The van der Waals surface area contributed by atoms with Crippen LogP contribution in [0.1, 0.15) is 31.4 Å². The third kappa shape index (κ3) is 4.86. The summed E-state index contributed by atoms with van der Waals surface area (Å²) in [5.74, 6) is 1.14. The Kier molecular flexibility index (Phi) is 7.19.